The fourth-order valence-corrected chi connectivity index (χ4v) is 4.06. The van der Waals surface area contributed by atoms with E-state index in [0.717, 1.165) is 33.7 Å². The molecule has 6 nitrogen and oxygen atoms in total. The van der Waals surface area contributed by atoms with Crippen molar-refractivity contribution in [1.82, 2.24) is 10.3 Å². The molecule has 0 bridgehead atoms. The number of nitrogens with zero attached hydrogens (tertiary/aromatic N) is 2. The van der Waals surface area contributed by atoms with Gasteiger partial charge in [-0.3, -0.25) is 9.59 Å². The SMILES string of the molecule is COc1ccc(C2CC(c3ccccc3)=NN2C(=O)CCC(=O)NCc2ccccc2C)cc1. The van der Waals surface area contributed by atoms with Gasteiger partial charge in [-0.2, -0.15) is 5.10 Å². The zero-order valence-corrected chi connectivity index (χ0v) is 19.5. The zero-order chi connectivity index (χ0) is 23.9. The molecular weight excluding hydrogens is 426 g/mol. The number of hydrazone groups is 1. The summed E-state index contributed by atoms with van der Waals surface area (Å²) < 4.78 is 5.27. The number of carbonyl (C=O) groups is 2. The molecule has 1 aliphatic rings. The minimum absolute atomic E-state index is 0.0951. The van der Waals surface area contributed by atoms with Gasteiger partial charge in [0.2, 0.25) is 11.8 Å². The molecule has 1 N–H and O–H groups in total. The van der Waals surface area contributed by atoms with Crippen molar-refractivity contribution in [2.24, 2.45) is 5.10 Å². The first-order chi connectivity index (χ1) is 16.5. The van der Waals surface area contributed by atoms with Gasteiger partial charge < -0.3 is 10.1 Å². The van der Waals surface area contributed by atoms with E-state index in [1.807, 2.05) is 85.8 Å². The van der Waals surface area contributed by atoms with Crippen LogP contribution in [0.4, 0.5) is 0 Å². The van der Waals surface area contributed by atoms with E-state index in [9.17, 15) is 9.59 Å². The number of carbonyl (C=O) groups excluding carboxylic acids is 2. The van der Waals surface area contributed by atoms with Crippen LogP contribution in [0.1, 0.15) is 47.6 Å². The molecule has 4 rings (SSSR count). The molecule has 34 heavy (non-hydrogen) atoms. The lowest BCUT2D eigenvalue weighted by Gasteiger charge is -2.22. The maximum atomic E-state index is 13.2. The normalized spacial score (nSPS) is 15.1. The van der Waals surface area contributed by atoms with Crippen LogP contribution in [0.2, 0.25) is 0 Å². The zero-order valence-electron chi connectivity index (χ0n) is 19.5. The number of nitrogens with one attached hydrogen (secondary N) is 1. The van der Waals surface area contributed by atoms with Crippen molar-refractivity contribution in [3.63, 3.8) is 0 Å². The highest BCUT2D eigenvalue weighted by Gasteiger charge is 2.33. The van der Waals surface area contributed by atoms with Gasteiger partial charge in [0.25, 0.3) is 0 Å². The maximum absolute atomic E-state index is 13.2. The molecule has 1 atom stereocenters. The predicted octanol–water partition coefficient (Wildman–Crippen LogP) is 4.78. The van der Waals surface area contributed by atoms with Crippen molar-refractivity contribution in [1.29, 1.82) is 0 Å². The van der Waals surface area contributed by atoms with Gasteiger partial charge in [-0.15, -0.1) is 0 Å². The van der Waals surface area contributed by atoms with Crippen molar-refractivity contribution in [3.8, 4) is 5.75 Å². The number of hydrogen-bond donors (Lipinski definition) is 1. The summed E-state index contributed by atoms with van der Waals surface area (Å²) in [5.41, 5.74) is 5.03. The Morgan fingerprint density at radius 3 is 2.38 bits per heavy atom. The van der Waals surface area contributed by atoms with Crippen LogP contribution in [0.3, 0.4) is 0 Å². The summed E-state index contributed by atoms with van der Waals surface area (Å²) in [7, 11) is 1.63. The average molecular weight is 456 g/mol. The molecule has 0 aromatic heterocycles. The number of ether oxygens (including phenoxy) is 1. The van der Waals surface area contributed by atoms with Gasteiger partial charge in [0.1, 0.15) is 5.75 Å². The van der Waals surface area contributed by atoms with Crippen molar-refractivity contribution in [3.05, 3.63) is 101 Å². The van der Waals surface area contributed by atoms with Crippen molar-refractivity contribution in [2.45, 2.75) is 38.8 Å². The molecule has 1 aliphatic heterocycles. The first-order valence-corrected chi connectivity index (χ1v) is 11.5. The monoisotopic (exact) mass is 455 g/mol. The largest absolute Gasteiger partial charge is 0.497 e. The highest BCUT2D eigenvalue weighted by atomic mass is 16.5. The van der Waals surface area contributed by atoms with Crippen LogP contribution in [0.25, 0.3) is 0 Å². The number of benzene rings is 3. The summed E-state index contributed by atoms with van der Waals surface area (Å²) >= 11 is 0. The minimum atomic E-state index is -0.219. The number of aryl methyl sites for hydroxylation is 1. The first-order valence-electron chi connectivity index (χ1n) is 11.5. The van der Waals surface area contributed by atoms with E-state index in [0.29, 0.717) is 13.0 Å². The van der Waals surface area contributed by atoms with Crippen molar-refractivity contribution in [2.75, 3.05) is 7.11 Å². The molecule has 0 spiro atoms. The van der Waals surface area contributed by atoms with E-state index in [1.54, 1.807) is 12.1 Å². The third-order valence-electron chi connectivity index (χ3n) is 6.08. The Bertz CT molecular complexity index is 1170. The van der Waals surface area contributed by atoms with Gasteiger partial charge in [0.05, 0.1) is 18.9 Å². The fraction of sp³-hybridized carbons (Fsp3) is 0.250. The van der Waals surface area contributed by atoms with Crippen LogP contribution in [0.5, 0.6) is 5.75 Å². The third kappa shape index (κ3) is 5.52. The van der Waals surface area contributed by atoms with Gasteiger partial charge >= 0.3 is 0 Å². The average Bonchev–Trinajstić information content (AvgIpc) is 3.33. The first kappa shape index (κ1) is 23.2. The van der Waals surface area contributed by atoms with Crippen LogP contribution in [0.15, 0.2) is 84.0 Å². The molecule has 6 heteroatoms. The summed E-state index contributed by atoms with van der Waals surface area (Å²) in [5, 5.41) is 9.14. The Labute approximate surface area is 200 Å². The van der Waals surface area contributed by atoms with Crippen molar-refractivity contribution >= 4 is 17.5 Å². The molecule has 1 heterocycles. The Morgan fingerprint density at radius 2 is 1.68 bits per heavy atom. The lowest BCUT2D eigenvalue weighted by atomic mass is 9.98. The Balaban J connectivity index is 1.44. The lowest BCUT2D eigenvalue weighted by molar-refractivity contribution is -0.135. The second-order valence-corrected chi connectivity index (χ2v) is 8.35. The number of amides is 2. The van der Waals surface area contributed by atoms with E-state index in [4.69, 9.17) is 4.74 Å². The number of hydrogen-bond acceptors (Lipinski definition) is 4. The van der Waals surface area contributed by atoms with E-state index in [2.05, 4.69) is 10.4 Å². The highest BCUT2D eigenvalue weighted by molar-refractivity contribution is 6.03. The molecule has 3 aromatic carbocycles. The predicted molar refractivity (Wildman–Crippen MR) is 132 cm³/mol. The quantitative estimate of drug-likeness (QED) is 0.532. The number of rotatable bonds is 8. The van der Waals surface area contributed by atoms with Crippen LogP contribution >= 0.6 is 0 Å². The molecular formula is C28H29N3O3. The second-order valence-electron chi connectivity index (χ2n) is 8.35. The minimum Gasteiger partial charge on any atom is -0.497 e. The van der Waals surface area contributed by atoms with Crippen LogP contribution in [0, 0.1) is 6.92 Å². The Morgan fingerprint density at radius 1 is 0.971 bits per heavy atom. The molecule has 1 unspecified atom stereocenters. The summed E-state index contributed by atoms with van der Waals surface area (Å²) in [6, 6.07) is 25.3. The van der Waals surface area contributed by atoms with Gasteiger partial charge in [-0.05, 0) is 41.3 Å². The van der Waals surface area contributed by atoms with Gasteiger partial charge in [-0.25, -0.2) is 5.01 Å². The Kier molecular flexibility index (Phi) is 7.38. The highest BCUT2D eigenvalue weighted by Crippen LogP contribution is 2.34. The summed E-state index contributed by atoms with van der Waals surface area (Å²) in [6.45, 7) is 2.47. The molecule has 0 fully saturated rings. The summed E-state index contributed by atoms with van der Waals surface area (Å²) in [4.78, 5) is 25.6. The maximum Gasteiger partial charge on any atom is 0.243 e. The third-order valence-corrected chi connectivity index (χ3v) is 6.08. The molecule has 0 saturated carbocycles. The molecule has 0 radical (unpaired) electrons. The molecule has 2 amide bonds. The van der Waals surface area contributed by atoms with E-state index < -0.39 is 0 Å². The smallest absolute Gasteiger partial charge is 0.243 e. The second kappa shape index (κ2) is 10.8. The summed E-state index contributed by atoms with van der Waals surface area (Å²) in [5.74, 6) is 0.441. The van der Waals surface area contributed by atoms with Gasteiger partial charge in [-0.1, -0.05) is 66.7 Å². The van der Waals surface area contributed by atoms with Gasteiger partial charge in [0, 0.05) is 25.8 Å². The molecule has 174 valence electrons. The van der Waals surface area contributed by atoms with E-state index in [-0.39, 0.29) is 30.7 Å². The van der Waals surface area contributed by atoms with Crippen LogP contribution < -0.4 is 10.1 Å². The fourth-order valence-electron chi connectivity index (χ4n) is 4.06. The van der Waals surface area contributed by atoms with Crippen LogP contribution in [-0.2, 0) is 16.1 Å². The standard InChI is InChI=1S/C28H29N3O3/c1-20-8-6-7-11-23(20)19-29-27(32)16-17-28(33)31-26(22-12-14-24(34-2)15-13-22)18-25(30-31)21-9-4-3-5-10-21/h3-15,26H,16-19H2,1-2H3,(H,29,32). The topological polar surface area (TPSA) is 71.0 Å². The van der Waals surface area contributed by atoms with E-state index in [1.165, 1.54) is 0 Å². The summed E-state index contributed by atoms with van der Waals surface area (Å²) in [6.07, 6.45) is 0.826. The molecule has 0 aliphatic carbocycles. The van der Waals surface area contributed by atoms with Crippen molar-refractivity contribution < 1.29 is 14.3 Å². The Hall–Kier alpha value is -3.93. The van der Waals surface area contributed by atoms with Crippen LogP contribution in [-0.4, -0.2) is 29.6 Å². The molecule has 3 aromatic rings. The number of methoxy groups -OCH3 is 1. The molecule has 0 saturated heterocycles. The van der Waals surface area contributed by atoms with E-state index >= 15 is 0 Å². The van der Waals surface area contributed by atoms with Gasteiger partial charge in [0.15, 0.2) is 0 Å². The lowest BCUT2D eigenvalue weighted by Crippen LogP contribution is -2.29.